The molecule has 0 saturated heterocycles. The lowest BCUT2D eigenvalue weighted by atomic mass is 9.77. The van der Waals surface area contributed by atoms with Crippen molar-refractivity contribution in [1.29, 1.82) is 5.26 Å². The smallest absolute Gasteiger partial charge is 0.223 e. The summed E-state index contributed by atoms with van der Waals surface area (Å²) < 4.78 is 19.0. The Morgan fingerprint density at radius 2 is 2.30 bits per heavy atom. The Bertz CT molecular complexity index is 542. The zero-order valence-corrected chi connectivity index (χ0v) is 11.4. The van der Waals surface area contributed by atoms with Gasteiger partial charge >= 0.3 is 0 Å². The monoisotopic (exact) mass is 276 g/mol. The largest absolute Gasteiger partial charge is 0.378 e. The summed E-state index contributed by atoms with van der Waals surface area (Å²) in [6, 6.07) is 6.09. The Labute approximate surface area is 117 Å². The predicted octanol–water partition coefficient (Wildman–Crippen LogP) is 2.27. The molecule has 5 heteroatoms. The molecule has 0 aromatic heterocycles. The molecule has 1 N–H and O–H groups in total. The molecule has 0 bridgehead atoms. The number of nitrogens with zero attached hydrogens (tertiary/aromatic N) is 1. The van der Waals surface area contributed by atoms with Gasteiger partial charge < -0.3 is 10.1 Å². The van der Waals surface area contributed by atoms with E-state index in [2.05, 4.69) is 5.32 Å². The highest BCUT2D eigenvalue weighted by Crippen LogP contribution is 2.37. The van der Waals surface area contributed by atoms with Crippen molar-refractivity contribution in [2.75, 3.05) is 7.11 Å². The van der Waals surface area contributed by atoms with Crippen molar-refractivity contribution in [2.45, 2.75) is 37.8 Å². The highest BCUT2D eigenvalue weighted by atomic mass is 19.1. The number of amides is 1. The fraction of sp³-hybridized carbons (Fsp3) is 0.467. The third kappa shape index (κ3) is 3.14. The zero-order chi connectivity index (χ0) is 14.6. The first kappa shape index (κ1) is 14.5. The number of methoxy groups -OCH3 is 1. The van der Waals surface area contributed by atoms with Crippen LogP contribution in [0.4, 0.5) is 4.39 Å². The first-order valence-corrected chi connectivity index (χ1v) is 6.59. The zero-order valence-electron chi connectivity index (χ0n) is 11.4. The van der Waals surface area contributed by atoms with E-state index in [0.717, 1.165) is 19.3 Å². The summed E-state index contributed by atoms with van der Waals surface area (Å²) in [7, 11) is 1.62. The Balaban J connectivity index is 1.89. The predicted molar refractivity (Wildman–Crippen MR) is 71.2 cm³/mol. The number of carbonyl (C=O) groups excluding carboxylic acids is 1. The van der Waals surface area contributed by atoms with Crippen molar-refractivity contribution in [2.24, 2.45) is 0 Å². The van der Waals surface area contributed by atoms with Gasteiger partial charge in [-0.05, 0) is 31.4 Å². The molecule has 1 aromatic rings. The molecule has 0 atom stereocenters. The molecule has 0 unspecified atom stereocenters. The summed E-state index contributed by atoms with van der Waals surface area (Å²) in [5, 5.41) is 11.4. The van der Waals surface area contributed by atoms with Crippen LogP contribution < -0.4 is 5.32 Å². The van der Waals surface area contributed by atoms with Crippen LogP contribution in [-0.4, -0.2) is 18.6 Å². The Kier molecular flexibility index (Phi) is 4.35. The molecule has 0 radical (unpaired) electrons. The molecule has 0 aliphatic heterocycles. The summed E-state index contributed by atoms with van der Waals surface area (Å²) in [6.45, 7) is 0.121. The van der Waals surface area contributed by atoms with E-state index in [1.807, 2.05) is 6.07 Å². The standard InChI is InChI=1S/C15H17FN2O2/c1-20-15(5-2-6-15)8-14(19)18-10-12-4-3-11(9-17)7-13(12)16/h3-4,7H,2,5-6,8,10H2,1H3,(H,18,19). The number of hydrogen-bond donors (Lipinski definition) is 1. The van der Waals surface area contributed by atoms with Crippen molar-refractivity contribution < 1.29 is 13.9 Å². The summed E-state index contributed by atoms with van der Waals surface area (Å²) in [4.78, 5) is 11.9. The number of nitriles is 1. The van der Waals surface area contributed by atoms with Crippen molar-refractivity contribution in [3.05, 3.63) is 35.1 Å². The first-order chi connectivity index (χ1) is 9.58. The Morgan fingerprint density at radius 1 is 1.55 bits per heavy atom. The normalized spacial score (nSPS) is 16.1. The molecule has 1 aliphatic rings. The van der Waals surface area contributed by atoms with Gasteiger partial charge in [-0.3, -0.25) is 4.79 Å². The molecule has 106 valence electrons. The lowest BCUT2D eigenvalue weighted by molar-refractivity contribution is -0.134. The summed E-state index contributed by atoms with van der Waals surface area (Å²) in [6.07, 6.45) is 3.16. The van der Waals surface area contributed by atoms with Gasteiger partial charge in [-0.15, -0.1) is 0 Å². The molecule has 1 amide bonds. The van der Waals surface area contributed by atoms with Crippen LogP contribution in [0.3, 0.4) is 0 Å². The fourth-order valence-corrected chi connectivity index (χ4v) is 2.33. The van der Waals surface area contributed by atoms with Gasteiger partial charge in [0, 0.05) is 19.2 Å². The number of hydrogen-bond acceptors (Lipinski definition) is 3. The number of nitrogens with one attached hydrogen (secondary N) is 1. The SMILES string of the molecule is COC1(CC(=O)NCc2ccc(C#N)cc2F)CCC1. The first-order valence-electron chi connectivity index (χ1n) is 6.59. The van der Waals surface area contributed by atoms with E-state index in [9.17, 15) is 9.18 Å². The minimum absolute atomic E-state index is 0.121. The van der Waals surface area contributed by atoms with Gasteiger partial charge in [0.15, 0.2) is 0 Å². The van der Waals surface area contributed by atoms with E-state index in [0.29, 0.717) is 12.0 Å². The van der Waals surface area contributed by atoms with Crippen LogP contribution in [0.2, 0.25) is 0 Å². The average molecular weight is 276 g/mol. The van der Waals surface area contributed by atoms with Crippen LogP contribution in [0.15, 0.2) is 18.2 Å². The molecule has 1 fully saturated rings. The molecular formula is C15H17FN2O2. The van der Waals surface area contributed by atoms with Gasteiger partial charge in [-0.2, -0.15) is 5.26 Å². The van der Waals surface area contributed by atoms with E-state index in [4.69, 9.17) is 10.00 Å². The maximum absolute atomic E-state index is 13.6. The van der Waals surface area contributed by atoms with E-state index in [1.54, 1.807) is 7.11 Å². The molecule has 0 heterocycles. The second-order valence-corrected chi connectivity index (χ2v) is 5.11. The van der Waals surface area contributed by atoms with Crippen LogP contribution in [0, 0.1) is 17.1 Å². The minimum Gasteiger partial charge on any atom is -0.378 e. The Hall–Kier alpha value is -1.93. The highest BCUT2D eigenvalue weighted by molar-refractivity contribution is 5.77. The molecule has 1 aliphatic carbocycles. The summed E-state index contributed by atoms with van der Waals surface area (Å²) >= 11 is 0. The van der Waals surface area contributed by atoms with E-state index in [-0.39, 0.29) is 23.6 Å². The van der Waals surface area contributed by atoms with E-state index >= 15 is 0 Å². The van der Waals surface area contributed by atoms with Crippen molar-refractivity contribution in [3.8, 4) is 6.07 Å². The second-order valence-electron chi connectivity index (χ2n) is 5.11. The van der Waals surface area contributed by atoms with Crippen molar-refractivity contribution in [1.82, 2.24) is 5.32 Å². The van der Waals surface area contributed by atoms with Gasteiger partial charge in [0.2, 0.25) is 5.91 Å². The number of benzene rings is 1. The van der Waals surface area contributed by atoms with Gasteiger partial charge in [0.05, 0.1) is 23.7 Å². The van der Waals surface area contributed by atoms with Crippen molar-refractivity contribution >= 4 is 5.91 Å². The summed E-state index contributed by atoms with van der Waals surface area (Å²) in [5.74, 6) is -0.621. The van der Waals surface area contributed by atoms with E-state index in [1.165, 1.54) is 18.2 Å². The molecule has 1 aromatic carbocycles. The average Bonchev–Trinajstić information content (AvgIpc) is 2.41. The lowest BCUT2D eigenvalue weighted by Crippen LogP contribution is -2.43. The quantitative estimate of drug-likeness (QED) is 0.897. The van der Waals surface area contributed by atoms with Crippen LogP contribution in [0.25, 0.3) is 0 Å². The topological polar surface area (TPSA) is 62.1 Å². The van der Waals surface area contributed by atoms with Gasteiger partial charge in [0.1, 0.15) is 5.82 Å². The maximum atomic E-state index is 13.6. The minimum atomic E-state index is -0.477. The fourth-order valence-electron chi connectivity index (χ4n) is 2.33. The maximum Gasteiger partial charge on any atom is 0.223 e. The number of ether oxygens (including phenoxy) is 1. The molecule has 1 saturated carbocycles. The van der Waals surface area contributed by atoms with Crippen LogP contribution >= 0.6 is 0 Å². The Morgan fingerprint density at radius 3 is 2.80 bits per heavy atom. The van der Waals surface area contributed by atoms with Gasteiger partial charge in [-0.25, -0.2) is 4.39 Å². The van der Waals surface area contributed by atoms with Crippen molar-refractivity contribution in [3.63, 3.8) is 0 Å². The van der Waals surface area contributed by atoms with Crippen LogP contribution in [0.1, 0.15) is 36.8 Å². The third-order valence-electron chi connectivity index (χ3n) is 3.84. The molecule has 0 spiro atoms. The summed E-state index contributed by atoms with van der Waals surface area (Å²) in [5.41, 5.74) is 0.315. The van der Waals surface area contributed by atoms with Gasteiger partial charge in [0.25, 0.3) is 0 Å². The van der Waals surface area contributed by atoms with E-state index < -0.39 is 5.82 Å². The van der Waals surface area contributed by atoms with Gasteiger partial charge in [-0.1, -0.05) is 6.07 Å². The highest BCUT2D eigenvalue weighted by Gasteiger charge is 2.38. The lowest BCUT2D eigenvalue weighted by Gasteiger charge is -2.39. The second kappa shape index (κ2) is 6.02. The van der Waals surface area contributed by atoms with Crippen LogP contribution in [-0.2, 0) is 16.1 Å². The third-order valence-corrected chi connectivity index (χ3v) is 3.84. The number of carbonyl (C=O) groups is 1. The number of halogens is 1. The van der Waals surface area contributed by atoms with Crippen LogP contribution in [0.5, 0.6) is 0 Å². The number of rotatable bonds is 5. The molecule has 2 rings (SSSR count). The molecule has 20 heavy (non-hydrogen) atoms. The molecule has 4 nitrogen and oxygen atoms in total. The molecular weight excluding hydrogens is 259 g/mol.